The van der Waals surface area contributed by atoms with E-state index in [4.69, 9.17) is 9.84 Å². The minimum Gasteiger partial charge on any atom is -0.496 e. The van der Waals surface area contributed by atoms with Gasteiger partial charge in [0.15, 0.2) is 0 Å². The molecule has 2 rings (SSSR count). The number of nitrogens with zero attached hydrogens (tertiary/aromatic N) is 3. The normalized spacial score (nSPS) is 15.1. The first-order chi connectivity index (χ1) is 12.9. The van der Waals surface area contributed by atoms with Crippen molar-refractivity contribution in [2.24, 2.45) is 0 Å². The Hall–Kier alpha value is -1.83. The molecule has 0 saturated carbocycles. The van der Waals surface area contributed by atoms with Crippen molar-refractivity contribution in [1.82, 2.24) is 14.7 Å². The van der Waals surface area contributed by atoms with E-state index in [9.17, 15) is 9.59 Å². The van der Waals surface area contributed by atoms with E-state index in [0.717, 1.165) is 43.8 Å². The summed E-state index contributed by atoms with van der Waals surface area (Å²) >= 11 is 0. The number of benzene rings is 1. The van der Waals surface area contributed by atoms with Crippen LogP contribution in [0.2, 0.25) is 0 Å². The van der Waals surface area contributed by atoms with Crippen LogP contribution in [-0.2, 0) is 16.1 Å². The van der Waals surface area contributed by atoms with Gasteiger partial charge in [-0.2, -0.15) is 0 Å². The highest BCUT2D eigenvalue weighted by atomic mass is 35.5. The molecule has 1 saturated heterocycles. The number of methoxy groups -OCH3 is 1. The summed E-state index contributed by atoms with van der Waals surface area (Å²) in [5.74, 6) is 0.0840. The first-order valence-electron chi connectivity index (χ1n) is 9.48. The standard InChI is InChI=1S/C20H31N3O4.ClH/c1-4-23(15-20(25)26)17-9-11-22(12-10-17)14-19(24)21(2)13-16-7-5-6-8-18(16)27-3;/h5-8,17H,4,9-15H2,1-3H3,(H,25,26);1H. The van der Waals surface area contributed by atoms with Crippen LogP contribution in [0.15, 0.2) is 24.3 Å². The average molecular weight is 414 g/mol. The molecule has 0 spiro atoms. The summed E-state index contributed by atoms with van der Waals surface area (Å²) in [4.78, 5) is 29.5. The zero-order valence-electron chi connectivity index (χ0n) is 17.0. The van der Waals surface area contributed by atoms with E-state index in [-0.39, 0.29) is 30.9 Å². The van der Waals surface area contributed by atoms with Gasteiger partial charge in [-0.15, -0.1) is 12.4 Å². The van der Waals surface area contributed by atoms with E-state index < -0.39 is 5.97 Å². The summed E-state index contributed by atoms with van der Waals surface area (Å²) < 4.78 is 5.35. The van der Waals surface area contributed by atoms with Crippen molar-refractivity contribution < 1.29 is 19.4 Å². The van der Waals surface area contributed by atoms with E-state index in [0.29, 0.717) is 13.1 Å². The highest BCUT2D eigenvalue weighted by Gasteiger charge is 2.26. The maximum absolute atomic E-state index is 12.6. The topological polar surface area (TPSA) is 73.3 Å². The first kappa shape index (κ1) is 24.2. The van der Waals surface area contributed by atoms with Gasteiger partial charge in [0, 0.05) is 38.3 Å². The third kappa shape index (κ3) is 6.96. The number of piperidine rings is 1. The van der Waals surface area contributed by atoms with Gasteiger partial charge in [0.2, 0.25) is 5.91 Å². The number of likely N-dealkylation sites (N-methyl/N-ethyl adjacent to an activating group) is 2. The van der Waals surface area contributed by atoms with Crippen molar-refractivity contribution in [2.45, 2.75) is 32.4 Å². The lowest BCUT2D eigenvalue weighted by Gasteiger charge is -2.37. The van der Waals surface area contributed by atoms with E-state index in [1.54, 1.807) is 12.0 Å². The molecular weight excluding hydrogens is 382 g/mol. The molecule has 1 amide bonds. The van der Waals surface area contributed by atoms with Crippen LogP contribution in [0.25, 0.3) is 0 Å². The maximum Gasteiger partial charge on any atom is 0.317 e. The largest absolute Gasteiger partial charge is 0.496 e. The van der Waals surface area contributed by atoms with Crippen LogP contribution in [0, 0.1) is 0 Å². The SMILES string of the molecule is CCN(CC(=O)O)C1CCN(CC(=O)N(C)Cc2ccccc2OC)CC1.Cl. The van der Waals surface area contributed by atoms with Gasteiger partial charge < -0.3 is 14.7 Å². The Kier molecular flexibility index (Phi) is 10.3. The first-order valence-corrected chi connectivity index (χ1v) is 9.48. The monoisotopic (exact) mass is 413 g/mol. The highest BCUT2D eigenvalue weighted by Crippen LogP contribution is 2.20. The number of carbonyl (C=O) groups is 2. The minimum absolute atomic E-state index is 0. The molecular formula is C20H32ClN3O4. The molecule has 7 nitrogen and oxygen atoms in total. The number of rotatable bonds is 9. The van der Waals surface area contributed by atoms with Crippen molar-refractivity contribution in [3.63, 3.8) is 0 Å². The van der Waals surface area contributed by atoms with Crippen LogP contribution in [0.1, 0.15) is 25.3 Å². The van der Waals surface area contributed by atoms with Crippen LogP contribution >= 0.6 is 12.4 Å². The summed E-state index contributed by atoms with van der Waals surface area (Å²) in [5, 5.41) is 9.02. The summed E-state index contributed by atoms with van der Waals surface area (Å²) in [6, 6.07) is 8.00. The molecule has 0 atom stereocenters. The maximum atomic E-state index is 12.6. The van der Waals surface area contributed by atoms with Crippen molar-refractivity contribution >= 4 is 24.3 Å². The van der Waals surface area contributed by atoms with Gasteiger partial charge in [0.25, 0.3) is 0 Å². The number of hydrogen-bond donors (Lipinski definition) is 1. The lowest BCUT2D eigenvalue weighted by atomic mass is 10.0. The molecule has 1 aromatic rings. The molecule has 1 fully saturated rings. The Morgan fingerprint density at radius 3 is 2.46 bits per heavy atom. The number of hydrogen-bond acceptors (Lipinski definition) is 5. The molecule has 0 bridgehead atoms. The van der Waals surface area contributed by atoms with Crippen molar-refractivity contribution in [3.05, 3.63) is 29.8 Å². The third-order valence-corrected chi connectivity index (χ3v) is 5.20. The number of carbonyl (C=O) groups excluding carboxylic acids is 1. The Bertz CT molecular complexity index is 636. The predicted molar refractivity (Wildman–Crippen MR) is 111 cm³/mol. The van der Waals surface area contributed by atoms with Gasteiger partial charge in [0.05, 0.1) is 20.2 Å². The number of carboxylic acids is 1. The van der Waals surface area contributed by atoms with Crippen LogP contribution in [-0.4, -0.2) is 84.6 Å². The summed E-state index contributed by atoms with van der Waals surface area (Å²) in [6.45, 7) is 5.35. The Morgan fingerprint density at radius 2 is 1.89 bits per heavy atom. The second kappa shape index (κ2) is 11.9. The molecule has 1 heterocycles. The molecule has 0 radical (unpaired) electrons. The summed E-state index contributed by atoms with van der Waals surface area (Å²) in [5.41, 5.74) is 0.988. The van der Waals surface area contributed by atoms with Crippen molar-refractivity contribution in [3.8, 4) is 5.75 Å². The summed E-state index contributed by atoms with van der Waals surface area (Å²) in [7, 11) is 3.45. The Balaban J connectivity index is 0.00000392. The second-order valence-electron chi connectivity index (χ2n) is 7.03. The number of likely N-dealkylation sites (tertiary alicyclic amines) is 1. The van der Waals surface area contributed by atoms with E-state index >= 15 is 0 Å². The van der Waals surface area contributed by atoms with Crippen molar-refractivity contribution in [1.29, 1.82) is 0 Å². The van der Waals surface area contributed by atoms with E-state index in [2.05, 4.69) is 4.90 Å². The molecule has 0 aliphatic carbocycles. The number of amides is 1. The number of carboxylic acid groups (broad SMARTS) is 1. The average Bonchev–Trinajstić information content (AvgIpc) is 2.67. The Labute approximate surface area is 173 Å². The molecule has 1 N–H and O–H groups in total. The fourth-order valence-corrected chi connectivity index (χ4v) is 3.60. The molecule has 28 heavy (non-hydrogen) atoms. The quantitative estimate of drug-likeness (QED) is 0.667. The number of halogens is 1. The predicted octanol–water partition coefficient (Wildman–Crippen LogP) is 1.95. The van der Waals surface area contributed by atoms with Gasteiger partial charge in [-0.1, -0.05) is 25.1 Å². The Morgan fingerprint density at radius 1 is 1.25 bits per heavy atom. The van der Waals surface area contributed by atoms with Gasteiger partial charge in [-0.05, 0) is 25.5 Å². The third-order valence-electron chi connectivity index (χ3n) is 5.20. The molecule has 1 aliphatic heterocycles. The zero-order chi connectivity index (χ0) is 19.8. The molecule has 1 aliphatic rings. The molecule has 0 aromatic heterocycles. The van der Waals surface area contributed by atoms with Gasteiger partial charge >= 0.3 is 5.97 Å². The van der Waals surface area contributed by atoms with Crippen LogP contribution in [0.4, 0.5) is 0 Å². The zero-order valence-corrected chi connectivity index (χ0v) is 17.8. The molecule has 8 heteroatoms. The number of ether oxygens (including phenoxy) is 1. The van der Waals surface area contributed by atoms with Crippen LogP contribution < -0.4 is 4.74 Å². The van der Waals surface area contributed by atoms with Crippen LogP contribution in [0.3, 0.4) is 0 Å². The van der Waals surface area contributed by atoms with Crippen LogP contribution in [0.5, 0.6) is 5.75 Å². The van der Waals surface area contributed by atoms with Gasteiger partial charge in [-0.3, -0.25) is 19.4 Å². The lowest BCUT2D eigenvalue weighted by molar-refractivity contribution is -0.139. The lowest BCUT2D eigenvalue weighted by Crippen LogP contribution is -2.48. The molecule has 0 unspecified atom stereocenters. The van der Waals surface area contributed by atoms with Gasteiger partial charge in [-0.25, -0.2) is 0 Å². The highest BCUT2D eigenvalue weighted by molar-refractivity contribution is 5.85. The van der Waals surface area contributed by atoms with Crippen molar-refractivity contribution in [2.75, 3.05) is 46.9 Å². The van der Waals surface area contributed by atoms with E-state index in [1.165, 1.54) is 0 Å². The fourth-order valence-electron chi connectivity index (χ4n) is 3.60. The molecule has 1 aromatic carbocycles. The minimum atomic E-state index is -0.785. The smallest absolute Gasteiger partial charge is 0.317 e. The van der Waals surface area contributed by atoms with Gasteiger partial charge in [0.1, 0.15) is 5.75 Å². The number of aliphatic carboxylic acids is 1. The molecule has 158 valence electrons. The number of para-hydroxylation sites is 1. The fraction of sp³-hybridized carbons (Fsp3) is 0.600. The second-order valence-corrected chi connectivity index (χ2v) is 7.03. The van der Waals surface area contributed by atoms with E-state index in [1.807, 2.05) is 43.1 Å². The summed E-state index contributed by atoms with van der Waals surface area (Å²) in [6.07, 6.45) is 1.79.